The molecule has 0 aromatic rings. The van der Waals surface area contributed by atoms with E-state index in [1.165, 1.54) is 6.92 Å². The SMILES string of the molecule is CN=C(C)NCCNC(C)=O. The van der Waals surface area contributed by atoms with Gasteiger partial charge in [0.2, 0.25) is 5.91 Å². The second kappa shape index (κ2) is 5.70. The highest BCUT2D eigenvalue weighted by molar-refractivity contribution is 5.79. The van der Waals surface area contributed by atoms with Crippen LogP contribution >= 0.6 is 0 Å². The average Bonchev–Trinajstić information content (AvgIpc) is 1.97. The summed E-state index contributed by atoms with van der Waals surface area (Å²) in [6.07, 6.45) is 0. The van der Waals surface area contributed by atoms with Crippen LogP contribution in [0.2, 0.25) is 0 Å². The van der Waals surface area contributed by atoms with Gasteiger partial charge in [-0.1, -0.05) is 0 Å². The predicted molar refractivity (Wildman–Crippen MR) is 45.7 cm³/mol. The second-order valence-corrected chi connectivity index (χ2v) is 2.22. The molecule has 0 unspecified atom stereocenters. The molecule has 0 saturated carbocycles. The van der Waals surface area contributed by atoms with E-state index in [1.807, 2.05) is 6.92 Å². The summed E-state index contributed by atoms with van der Waals surface area (Å²) in [6.45, 7) is 4.75. The summed E-state index contributed by atoms with van der Waals surface area (Å²) in [5, 5.41) is 5.69. The Labute approximate surface area is 67.1 Å². The van der Waals surface area contributed by atoms with Crippen LogP contribution in [0.3, 0.4) is 0 Å². The Morgan fingerprint density at radius 2 is 1.82 bits per heavy atom. The van der Waals surface area contributed by atoms with E-state index in [2.05, 4.69) is 15.6 Å². The number of nitrogens with one attached hydrogen (secondary N) is 2. The number of aliphatic imine (C=N–C) groups is 1. The van der Waals surface area contributed by atoms with Gasteiger partial charge in [-0.2, -0.15) is 0 Å². The first-order valence-corrected chi connectivity index (χ1v) is 3.58. The number of nitrogens with zero attached hydrogens (tertiary/aromatic N) is 1. The Morgan fingerprint density at radius 1 is 1.27 bits per heavy atom. The molecule has 0 aliphatic carbocycles. The summed E-state index contributed by atoms with van der Waals surface area (Å²) >= 11 is 0. The fraction of sp³-hybridized carbons (Fsp3) is 0.714. The Bertz CT molecular complexity index is 154. The maximum absolute atomic E-state index is 10.4. The maximum atomic E-state index is 10.4. The Hall–Kier alpha value is -1.06. The highest BCUT2D eigenvalue weighted by Crippen LogP contribution is 1.67. The molecule has 0 fully saturated rings. The van der Waals surface area contributed by atoms with E-state index < -0.39 is 0 Å². The van der Waals surface area contributed by atoms with Crippen LogP contribution in [0.1, 0.15) is 13.8 Å². The van der Waals surface area contributed by atoms with Crippen LogP contribution in [0.15, 0.2) is 4.99 Å². The summed E-state index contributed by atoms with van der Waals surface area (Å²) in [4.78, 5) is 14.3. The molecule has 0 aromatic heterocycles. The number of hydrogen-bond donors (Lipinski definition) is 2. The summed E-state index contributed by atoms with van der Waals surface area (Å²) < 4.78 is 0. The third-order valence-corrected chi connectivity index (χ3v) is 1.22. The van der Waals surface area contributed by atoms with Crippen LogP contribution in [0, 0.1) is 0 Å². The van der Waals surface area contributed by atoms with Crippen LogP contribution in [0.4, 0.5) is 0 Å². The van der Waals surface area contributed by atoms with Gasteiger partial charge >= 0.3 is 0 Å². The van der Waals surface area contributed by atoms with E-state index in [0.717, 1.165) is 12.4 Å². The molecule has 0 aliphatic heterocycles. The molecule has 0 bridgehead atoms. The molecule has 11 heavy (non-hydrogen) atoms. The zero-order valence-corrected chi connectivity index (χ0v) is 7.27. The van der Waals surface area contributed by atoms with Crippen LogP contribution in [0.5, 0.6) is 0 Å². The molecular formula is C7H15N3O. The molecule has 4 heteroatoms. The van der Waals surface area contributed by atoms with E-state index in [4.69, 9.17) is 0 Å². The van der Waals surface area contributed by atoms with Crippen LogP contribution in [-0.2, 0) is 4.79 Å². The van der Waals surface area contributed by atoms with E-state index in [-0.39, 0.29) is 5.91 Å². The monoisotopic (exact) mass is 157 g/mol. The van der Waals surface area contributed by atoms with Gasteiger partial charge in [0.15, 0.2) is 0 Å². The van der Waals surface area contributed by atoms with Gasteiger partial charge in [0.05, 0.1) is 5.84 Å². The van der Waals surface area contributed by atoms with Crippen LogP contribution in [-0.4, -0.2) is 31.9 Å². The standard InChI is InChI=1S/C7H15N3O/c1-6(8-3)9-4-5-10-7(2)11/h4-5H2,1-3H3,(H,8,9)(H,10,11). The van der Waals surface area contributed by atoms with Crippen molar-refractivity contribution in [1.82, 2.24) is 10.6 Å². The van der Waals surface area contributed by atoms with Crippen molar-refractivity contribution < 1.29 is 4.79 Å². The average molecular weight is 157 g/mol. The zero-order chi connectivity index (χ0) is 8.69. The highest BCUT2D eigenvalue weighted by atomic mass is 16.1. The van der Waals surface area contributed by atoms with Gasteiger partial charge in [0, 0.05) is 27.1 Å². The van der Waals surface area contributed by atoms with Crippen LogP contribution < -0.4 is 10.6 Å². The van der Waals surface area contributed by atoms with Gasteiger partial charge in [0.1, 0.15) is 0 Å². The summed E-state index contributed by atoms with van der Waals surface area (Å²) in [6, 6.07) is 0. The molecule has 0 spiro atoms. The number of carbonyl (C=O) groups excluding carboxylic acids is 1. The molecule has 1 amide bonds. The lowest BCUT2D eigenvalue weighted by Gasteiger charge is -2.04. The molecule has 0 heterocycles. The molecule has 0 saturated heterocycles. The third-order valence-electron chi connectivity index (χ3n) is 1.22. The number of rotatable bonds is 3. The molecule has 0 rings (SSSR count). The highest BCUT2D eigenvalue weighted by Gasteiger charge is 1.89. The summed E-state index contributed by atoms with van der Waals surface area (Å²) in [5.74, 6) is 0.883. The molecular weight excluding hydrogens is 142 g/mol. The molecule has 4 nitrogen and oxygen atoms in total. The van der Waals surface area contributed by atoms with Gasteiger partial charge < -0.3 is 10.6 Å². The quantitative estimate of drug-likeness (QED) is 0.337. The minimum absolute atomic E-state index is 0.00195. The number of hydrogen-bond acceptors (Lipinski definition) is 2. The molecule has 0 radical (unpaired) electrons. The minimum Gasteiger partial charge on any atom is -0.372 e. The summed E-state index contributed by atoms with van der Waals surface area (Å²) in [7, 11) is 1.72. The predicted octanol–water partition coefficient (Wildman–Crippen LogP) is -0.240. The van der Waals surface area contributed by atoms with Crippen molar-refractivity contribution in [3.8, 4) is 0 Å². The Balaban J connectivity index is 3.21. The Kier molecular flexibility index (Phi) is 5.15. The molecule has 2 N–H and O–H groups in total. The van der Waals surface area contributed by atoms with E-state index in [9.17, 15) is 4.79 Å². The normalized spacial score (nSPS) is 11.0. The molecule has 0 aliphatic rings. The third kappa shape index (κ3) is 6.83. The van der Waals surface area contributed by atoms with Crippen molar-refractivity contribution in [2.75, 3.05) is 20.1 Å². The first kappa shape index (κ1) is 9.94. The molecule has 0 atom stereocenters. The van der Waals surface area contributed by atoms with Gasteiger partial charge in [-0.3, -0.25) is 9.79 Å². The van der Waals surface area contributed by atoms with E-state index in [1.54, 1.807) is 7.05 Å². The maximum Gasteiger partial charge on any atom is 0.216 e. The lowest BCUT2D eigenvalue weighted by atomic mass is 10.5. The number of amides is 1. The van der Waals surface area contributed by atoms with Crippen molar-refractivity contribution in [3.63, 3.8) is 0 Å². The fourth-order valence-electron chi connectivity index (χ4n) is 0.561. The van der Waals surface area contributed by atoms with Crippen molar-refractivity contribution in [3.05, 3.63) is 0 Å². The lowest BCUT2D eigenvalue weighted by molar-refractivity contribution is -0.118. The first-order chi connectivity index (χ1) is 5.16. The molecule has 64 valence electrons. The minimum atomic E-state index is -0.00195. The van der Waals surface area contributed by atoms with E-state index in [0.29, 0.717) is 6.54 Å². The molecule has 0 aromatic carbocycles. The number of carbonyl (C=O) groups is 1. The van der Waals surface area contributed by atoms with Crippen molar-refractivity contribution in [2.24, 2.45) is 4.99 Å². The summed E-state index contributed by atoms with van der Waals surface area (Å²) in [5.41, 5.74) is 0. The van der Waals surface area contributed by atoms with Gasteiger partial charge in [-0.25, -0.2) is 0 Å². The zero-order valence-electron chi connectivity index (χ0n) is 7.27. The Morgan fingerprint density at radius 3 is 2.27 bits per heavy atom. The lowest BCUT2D eigenvalue weighted by Crippen LogP contribution is -2.32. The van der Waals surface area contributed by atoms with Crippen molar-refractivity contribution >= 4 is 11.7 Å². The van der Waals surface area contributed by atoms with Crippen molar-refractivity contribution in [1.29, 1.82) is 0 Å². The fourth-order valence-corrected chi connectivity index (χ4v) is 0.561. The first-order valence-electron chi connectivity index (χ1n) is 3.58. The van der Waals surface area contributed by atoms with Gasteiger partial charge in [-0.15, -0.1) is 0 Å². The van der Waals surface area contributed by atoms with Crippen molar-refractivity contribution in [2.45, 2.75) is 13.8 Å². The van der Waals surface area contributed by atoms with Crippen LogP contribution in [0.25, 0.3) is 0 Å². The largest absolute Gasteiger partial charge is 0.372 e. The van der Waals surface area contributed by atoms with Gasteiger partial charge in [0.25, 0.3) is 0 Å². The second-order valence-electron chi connectivity index (χ2n) is 2.22. The van der Waals surface area contributed by atoms with E-state index >= 15 is 0 Å². The van der Waals surface area contributed by atoms with Gasteiger partial charge in [-0.05, 0) is 6.92 Å². The topological polar surface area (TPSA) is 53.5 Å². The number of amidine groups is 1. The smallest absolute Gasteiger partial charge is 0.216 e.